The van der Waals surface area contributed by atoms with E-state index < -0.39 is 7.12 Å². The van der Waals surface area contributed by atoms with Crippen molar-refractivity contribution in [1.29, 1.82) is 0 Å². The summed E-state index contributed by atoms with van der Waals surface area (Å²) < 4.78 is 8.07. The van der Waals surface area contributed by atoms with Crippen LogP contribution in [0.5, 0.6) is 5.75 Å². The molecule has 7 heteroatoms. The standard InChI is InChI=1S/C12H12BBrN2O3/c14-10-6-9(13(17)18)11(16-5-1-4-15-16)7-12(10)19-8-2-3-8/h1,4-8,17-18H,2-3H2. The van der Waals surface area contributed by atoms with Crippen LogP contribution >= 0.6 is 15.9 Å². The van der Waals surface area contributed by atoms with E-state index in [1.54, 1.807) is 35.3 Å². The highest BCUT2D eigenvalue weighted by atomic mass is 79.9. The third kappa shape index (κ3) is 2.68. The molecule has 1 aromatic heterocycles. The van der Waals surface area contributed by atoms with Gasteiger partial charge in [-0.1, -0.05) is 0 Å². The number of hydrogen-bond acceptors (Lipinski definition) is 4. The second kappa shape index (κ2) is 4.99. The quantitative estimate of drug-likeness (QED) is 0.819. The van der Waals surface area contributed by atoms with Crippen LogP contribution in [0.3, 0.4) is 0 Å². The molecule has 2 aromatic rings. The van der Waals surface area contributed by atoms with Crippen LogP contribution in [0.1, 0.15) is 12.8 Å². The van der Waals surface area contributed by atoms with E-state index in [1.807, 2.05) is 0 Å². The summed E-state index contributed by atoms with van der Waals surface area (Å²) in [6, 6.07) is 5.20. The summed E-state index contributed by atoms with van der Waals surface area (Å²) in [7, 11) is -1.56. The van der Waals surface area contributed by atoms with Crippen LogP contribution in [-0.4, -0.2) is 33.1 Å². The van der Waals surface area contributed by atoms with E-state index in [4.69, 9.17) is 4.74 Å². The first-order valence-corrected chi connectivity index (χ1v) is 6.80. The second-order valence-electron chi connectivity index (χ2n) is 4.48. The molecular weight excluding hydrogens is 311 g/mol. The Kier molecular flexibility index (Phi) is 3.34. The number of benzene rings is 1. The van der Waals surface area contributed by atoms with Crippen molar-refractivity contribution in [2.45, 2.75) is 18.9 Å². The topological polar surface area (TPSA) is 67.5 Å². The maximum atomic E-state index is 9.47. The Morgan fingerprint density at radius 3 is 2.74 bits per heavy atom. The molecule has 0 unspecified atom stereocenters. The van der Waals surface area contributed by atoms with Crippen molar-refractivity contribution in [2.75, 3.05) is 0 Å². The molecular formula is C12H12BBrN2O3. The number of rotatable bonds is 4. The normalized spacial score (nSPS) is 14.5. The molecule has 2 N–H and O–H groups in total. The summed E-state index contributed by atoms with van der Waals surface area (Å²) in [5.74, 6) is 0.692. The molecule has 0 aliphatic heterocycles. The fraction of sp³-hybridized carbons (Fsp3) is 0.250. The van der Waals surface area contributed by atoms with Gasteiger partial charge < -0.3 is 14.8 Å². The number of halogens is 1. The van der Waals surface area contributed by atoms with Crippen LogP contribution < -0.4 is 10.2 Å². The van der Waals surface area contributed by atoms with Gasteiger partial charge >= 0.3 is 7.12 Å². The molecule has 1 aromatic carbocycles. The minimum atomic E-state index is -1.56. The van der Waals surface area contributed by atoms with Gasteiger partial charge in [0.2, 0.25) is 0 Å². The van der Waals surface area contributed by atoms with Crippen LogP contribution in [0, 0.1) is 0 Å². The highest BCUT2D eigenvalue weighted by Gasteiger charge is 2.26. The number of aromatic nitrogens is 2. The molecule has 0 amide bonds. The lowest BCUT2D eigenvalue weighted by molar-refractivity contribution is 0.301. The van der Waals surface area contributed by atoms with E-state index >= 15 is 0 Å². The Morgan fingerprint density at radius 2 is 2.16 bits per heavy atom. The van der Waals surface area contributed by atoms with Gasteiger partial charge in [0.15, 0.2) is 0 Å². The molecule has 5 nitrogen and oxygen atoms in total. The van der Waals surface area contributed by atoms with Crippen LogP contribution in [-0.2, 0) is 0 Å². The molecule has 0 saturated heterocycles. The van der Waals surface area contributed by atoms with E-state index in [0.29, 0.717) is 21.4 Å². The average molecular weight is 323 g/mol. The smallest absolute Gasteiger partial charge is 0.489 e. The Labute approximate surface area is 119 Å². The minimum absolute atomic E-state index is 0.270. The minimum Gasteiger partial charge on any atom is -0.489 e. The van der Waals surface area contributed by atoms with Gasteiger partial charge in [-0.15, -0.1) is 0 Å². The molecule has 1 saturated carbocycles. The van der Waals surface area contributed by atoms with Crippen molar-refractivity contribution >= 4 is 28.5 Å². The van der Waals surface area contributed by atoms with Crippen molar-refractivity contribution in [3.8, 4) is 11.4 Å². The van der Waals surface area contributed by atoms with Crippen LogP contribution in [0.2, 0.25) is 0 Å². The molecule has 1 aliphatic rings. The molecule has 1 aliphatic carbocycles. The average Bonchev–Trinajstić information content (AvgIpc) is 3.03. The van der Waals surface area contributed by atoms with Crippen molar-refractivity contribution in [3.05, 3.63) is 35.1 Å². The molecule has 1 heterocycles. The van der Waals surface area contributed by atoms with Crippen molar-refractivity contribution < 1.29 is 14.8 Å². The lowest BCUT2D eigenvalue weighted by Crippen LogP contribution is -2.33. The number of ether oxygens (including phenoxy) is 1. The van der Waals surface area contributed by atoms with Crippen molar-refractivity contribution in [1.82, 2.24) is 9.78 Å². The third-order valence-electron chi connectivity index (χ3n) is 2.93. The summed E-state index contributed by atoms with van der Waals surface area (Å²) in [5.41, 5.74) is 0.970. The highest BCUT2D eigenvalue weighted by Crippen LogP contribution is 2.33. The van der Waals surface area contributed by atoms with E-state index in [1.165, 1.54) is 0 Å². The first kappa shape index (κ1) is 12.7. The number of nitrogens with zero attached hydrogens (tertiary/aromatic N) is 2. The lowest BCUT2D eigenvalue weighted by Gasteiger charge is -2.14. The Balaban J connectivity index is 2.07. The molecule has 0 bridgehead atoms. The number of hydrogen-bond donors (Lipinski definition) is 2. The fourth-order valence-electron chi connectivity index (χ4n) is 1.83. The largest absolute Gasteiger partial charge is 0.490 e. The summed E-state index contributed by atoms with van der Waals surface area (Å²) in [6.07, 6.45) is 5.78. The SMILES string of the molecule is OB(O)c1cc(Br)c(OC2CC2)cc1-n1cccn1. The van der Waals surface area contributed by atoms with E-state index in [9.17, 15) is 10.0 Å². The molecule has 1 fully saturated rings. The van der Waals surface area contributed by atoms with Gasteiger partial charge in [-0.2, -0.15) is 5.10 Å². The monoisotopic (exact) mass is 322 g/mol. The molecule has 19 heavy (non-hydrogen) atoms. The summed E-state index contributed by atoms with van der Waals surface area (Å²) in [6.45, 7) is 0. The first-order chi connectivity index (χ1) is 9.15. The Hall–Kier alpha value is -1.31. The molecule has 98 valence electrons. The summed E-state index contributed by atoms with van der Waals surface area (Å²) >= 11 is 3.39. The molecule has 0 spiro atoms. The van der Waals surface area contributed by atoms with E-state index in [0.717, 1.165) is 12.8 Å². The zero-order valence-corrected chi connectivity index (χ0v) is 11.6. The predicted molar refractivity (Wildman–Crippen MR) is 74.7 cm³/mol. The predicted octanol–water partition coefficient (Wildman–Crippen LogP) is 0.856. The third-order valence-corrected chi connectivity index (χ3v) is 3.55. The second-order valence-corrected chi connectivity index (χ2v) is 5.34. The fourth-order valence-corrected chi connectivity index (χ4v) is 2.28. The summed E-state index contributed by atoms with van der Waals surface area (Å²) in [5, 5.41) is 23.1. The Morgan fingerprint density at radius 1 is 1.37 bits per heavy atom. The van der Waals surface area contributed by atoms with Gasteiger partial charge in [0.1, 0.15) is 5.75 Å². The lowest BCUT2D eigenvalue weighted by atomic mass is 9.79. The highest BCUT2D eigenvalue weighted by molar-refractivity contribution is 9.10. The van der Waals surface area contributed by atoms with Gasteiger partial charge in [0.25, 0.3) is 0 Å². The zero-order chi connectivity index (χ0) is 13.4. The van der Waals surface area contributed by atoms with Gasteiger partial charge in [-0.05, 0) is 40.9 Å². The van der Waals surface area contributed by atoms with Crippen LogP contribution in [0.25, 0.3) is 5.69 Å². The van der Waals surface area contributed by atoms with Gasteiger partial charge in [0.05, 0.1) is 16.3 Å². The first-order valence-electron chi connectivity index (χ1n) is 6.01. The molecule has 0 radical (unpaired) electrons. The van der Waals surface area contributed by atoms with E-state index in [-0.39, 0.29) is 6.10 Å². The maximum absolute atomic E-state index is 9.47. The Bertz CT molecular complexity index is 585. The van der Waals surface area contributed by atoms with Gasteiger partial charge in [-0.25, -0.2) is 4.68 Å². The molecule has 3 rings (SSSR count). The van der Waals surface area contributed by atoms with Crippen molar-refractivity contribution in [2.24, 2.45) is 0 Å². The zero-order valence-electron chi connectivity index (χ0n) is 10.0. The van der Waals surface area contributed by atoms with E-state index in [2.05, 4.69) is 21.0 Å². The van der Waals surface area contributed by atoms with Crippen LogP contribution in [0.15, 0.2) is 35.1 Å². The molecule has 0 atom stereocenters. The maximum Gasteiger partial charge on any atom is 0.490 e. The van der Waals surface area contributed by atoms with Gasteiger partial charge in [-0.3, -0.25) is 0 Å². The van der Waals surface area contributed by atoms with Gasteiger partial charge in [0, 0.05) is 23.9 Å². The van der Waals surface area contributed by atoms with Crippen LogP contribution in [0.4, 0.5) is 0 Å². The summed E-state index contributed by atoms with van der Waals surface area (Å²) in [4.78, 5) is 0. The van der Waals surface area contributed by atoms with Crippen molar-refractivity contribution in [3.63, 3.8) is 0 Å².